The molecule has 2 heterocycles. The molecule has 2 fully saturated rings. The molecule has 0 aromatic heterocycles. The highest BCUT2D eigenvalue weighted by molar-refractivity contribution is 5.76. The minimum Gasteiger partial charge on any atom is -0.375 e. The first-order valence-electron chi connectivity index (χ1n) is 5.86. The summed E-state index contributed by atoms with van der Waals surface area (Å²) in [7, 11) is 0. The number of rotatable bonds is 4. The molecule has 0 aromatic carbocycles. The van der Waals surface area contributed by atoms with Crippen LogP contribution in [0.4, 0.5) is 0 Å². The van der Waals surface area contributed by atoms with Crippen molar-refractivity contribution in [1.29, 1.82) is 0 Å². The molecule has 4 heteroatoms. The molecule has 1 atom stereocenters. The van der Waals surface area contributed by atoms with Crippen LogP contribution in [-0.2, 0) is 9.53 Å². The topological polar surface area (TPSA) is 41.6 Å². The van der Waals surface area contributed by atoms with E-state index in [0.29, 0.717) is 25.0 Å². The van der Waals surface area contributed by atoms with Crippen LogP contribution in [0.25, 0.3) is 0 Å². The number of carbonyl (C=O) groups is 1. The van der Waals surface area contributed by atoms with Gasteiger partial charge in [-0.05, 0) is 12.3 Å². The van der Waals surface area contributed by atoms with Gasteiger partial charge in [-0.25, -0.2) is 0 Å². The summed E-state index contributed by atoms with van der Waals surface area (Å²) in [6.07, 6.45) is 2.04. The molecule has 0 aliphatic carbocycles. The molecule has 4 nitrogen and oxygen atoms in total. The number of carbonyl (C=O) groups excluding carboxylic acids is 1. The Kier molecular flexibility index (Phi) is 3.59. The average molecular weight is 212 g/mol. The van der Waals surface area contributed by atoms with Crippen LogP contribution < -0.4 is 5.32 Å². The predicted octanol–water partition coefficient (Wildman–Crippen LogP) is 0.233. The summed E-state index contributed by atoms with van der Waals surface area (Å²) in [6.45, 7) is 6.53. The fraction of sp³-hybridized carbons (Fsp3) is 0.909. The van der Waals surface area contributed by atoms with Gasteiger partial charge in [-0.2, -0.15) is 0 Å². The van der Waals surface area contributed by atoms with Crippen molar-refractivity contribution in [2.75, 3.05) is 32.8 Å². The normalized spacial score (nSPS) is 26.7. The van der Waals surface area contributed by atoms with Crippen LogP contribution in [0.5, 0.6) is 0 Å². The Morgan fingerprint density at radius 2 is 2.33 bits per heavy atom. The number of hydrogen-bond acceptors (Lipinski definition) is 3. The van der Waals surface area contributed by atoms with E-state index in [-0.39, 0.29) is 5.91 Å². The number of amides is 1. The third kappa shape index (κ3) is 2.92. The monoisotopic (exact) mass is 212 g/mol. The third-order valence-corrected chi connectivity index (χ3v) is 3.19. The minimum atomic E-state index is 0.256. The molecule has 0 bridgehead atoms. The lowest BCUT2D eigenvalue weighted by atomic mass is 10.2. The van der Waals surface area contributed by atoms with E-state index in [1.807, 2.05) is 4.90 Å². The maximum Gasteiger partial charge on any atom is 0.224 e. The summed E-state index contributed by atoms with van der Waals surface area (Å²) in [4.78, 5) is 13.7. The Labute approximate surface area is 91.0 Å². The van der Waals surface area contributed by atoms with Crippen LogP contribution >= 0.6 is 0 Å². The molecule has 0 radical (unpaired) electrons. The minimum absolute atomic E-state index is 0.256. The van der Waals surface area contributed by atoms with Gasteiger partial charge in [-0.3, -0.25) is 4.79 Å². The van der Waals surface area contributed by atoms with E-state index in [9.17, 15) is 4.79 Å². The van der Waals surface area contributed by atoms with Gasteiger partial charge >= 0.3 is 0 Å². The van der Waals surface area contributed by atoms with Crippen LogP contribution in [0.1, 0.15) is 19.8 Å². The van der Waals surface area contributed by atoms with Crippen molar-refractivity contribution in [2.45, 2.75) is 25.9 Å². The van der Waals surface area contributed by atoms with Crippen LogP contribution in [0.15, 0.2) is 0 Å². The second kappa shape index (κ2) is 4.94. The molecule has 0 aromatic rings. The first-order valence-corrected chi connectivity index (χ1v) is 5.86. The molecule has 1 unspecified atom stereocenters. The smallest absolute Gasteiger partial charge is 0.224 e. The number of hydrogen-bond donors (Lipinski definition) is 1. The Morgan fingerprint density at radius 3 is 2.87 bits per heavy atom. The van der Waals surface area contributed by atoms with Crippen LogP contribution in [0.2, 0.25) is 0 Å². The second-order valence-corrected chi connectivity index (χ2v) is 4.63. The van der Waals surface area contributed by atoms with Crippen molar-refractivity contribution < 1.29 is 9.53 Å². The van der Waals surface area contributed by atoms with Crippen molar-refractivity contribution in [2.24, 2.45) is 5.92 Å². The van der Waals surface area contributed by atoms with Crippen molar-refractivity contribution >= 4 is 5.91 Å². The van der Waals surface area contributed by atoms with Gasteiger partial charge in [0.15, 0.2) is 0 Å². The van der Waals surface area contributed by atoms with Gasteiger partial charge in [0.2, 0.25) is 5.91 Å². The van der Waals surface area contributed by atoms with Gasteiger partial charge in [0.1, 0.15) is 0 Å². The summed E-state index contributed by atoms with van der Waals surface area (Å²) in [5.41, 5.74) is 0. The van der Waals surface area contributed by atoms with E-state index in [2.05, 4.69) is 12.2 Å². The summed E-state index contributed by atoms with van der Waals surface area (Å²) in [5, 5.41) is 3.14. The number of nitrogens with one attached hydrogen (secondary N) is 1. The fourth-order valence-electron chi connectivity index (χ4n) is 2.01. The Morgan fingerprint density at radius 1 is 1.53 bits per heavy atom. The first kappa shape index (κ1) is 10.9. The molecule has 2 saturated heterocycles. The van der Waals surface area contributed by atoms with Crippen molar-refractivity contribution in [3.8, 4) is 0 Å². The summed E-state index contributed by atoms with van der Waals surface area (Å²) in [6, 6.07) is 0. The highest BCUT2D eigenvalue weighted by Gasteiger charge is 2.23. The van der Waals surface area contributed by atoms with Gasteiger partial charge in [-0.1, -0.05) is 6.92 Å². The second-order valence-electron chi connectivity index (χ2n) is 4.63. The SMILES string of the molecule is CC1CCN(C(=O)CCOC2CNC2)C1. The number of nitrogens with zero attached hydrogens (tertiary/aromatic N) is 1. The van der Waals surface area contributed by atoms with Gasteiger partial charge in [0.05, 0.1) is 19.1 Å². The molecule has 86 valence electrons. The van der Waals surface area contributed by atoms with E-state index in [0.717, 1.165) is 32.6 Å². The highest BCUT2D eigenvalue weighted by atomic mass is 16.5. The zero-order valence-electron chi connectivity index (χ0n) is 9.37. The first-order chi connectivity index (χ1) is 7.25. The van der Waals surface area contributed by atoms with Gasteiger partial charge in [0.25, 0.3) is 0 Å². The average Bonchev–Trinajstić information content (AvgIpc) is 2.56. The van der Waals surface area contributed by atoms with Crippen LogP contribution in [0, 0.1) is 5.92 Å². The van der Waals surface area contributed by atoms with Gasteiger partial charge in [0, 0.05) is 26.2 Å². The molecule has 2 rings (SSSR count). The fourth-order valence-corrected chi connectivity index (χ4v) is 2.01. The Bertz CT molecular complexity index is 229. The van der Waals surface area contributed by atoms with E-state index in [1.54, 1.807) is 0 Å². The third-order valence-electron chi connectivity index (χ3n) is 3.19. The Balaban J connectivity index is 1.59. The zero-order chi connectivity index (χ0) is 10.7. The molecule has 15 heavy (non-hydrogen) atoms. The lowest BCUT2D eigenvalue weighted by molar-refractivity contribution is -0.132. The summed E-state index contributed by atoms with van der Waals surface area (Å²) in [5.74, 6) is 0.928. The largest absolute Gasteiger partial charge is 0.375 e. The molecule has 1 amide bonds. The summed E-state index contributed by atoms with van der Waals surface area (Å²) < 4.78 is 5.52. The van der Waals surface area contributed by atoms with Crippen LogP contribution in [-0.4, -0.2) is 49.7 Å². The number of likely N-dealkylation sites (tertiary alicyclic amines) is 1. The predicted molar refractivity (Wildman–Crippen MR) is 57.6 cm³/mol. The van der Waals surface area contributed by atoms with Crippen LogP contribution in [0.3, 0.4) is 0 Å². The number of ether oxygens (including phenoxy) is 1. The van der Waals surface area contributed by atoms with E-state index in [4.69, 9.17) is 4.74 Å². The van der Waals surface area contributed by atoms with Crippen molar-refractivity contribution in [1.82, 2.24) is 10.2 Å². The maximum absolute atomic E-state index is 11.7. The standard InChI is InChI=1S/C11H20N2O2/c1-9-2-4-13(8-9)11(14)3-5-15-10-6-12-7-10/h9-10,12H,2-8H2,1H3. The molecule has 2 aliphatic rings. The molecule has 0 spiro atoms. The van der Waals surface area contributed by atoms with Gasteiger partial charge < -0.3 is 15.0 Å². The Hall–Kier alpha value is -0.610. The highest BCUT2D eigenvalue weighted by Crippen LogP contribution is 2.15. The zero-order valence-corrected chi connectivity index (χ0v) is 9.37. The molecule has 2 aliphatic heterocycles. The van der Waals surface area contributed by atoms with E-state index < -0.39 is 0 Å². The maximum atomic E-state index is 11.7. The lowest BCUT2D eigenvalue weighted by Gasteiger charge is -2.27. The van der Waals surface area contributed by atoms with Crippen molar-refractivity contribution in [3.05, 3.63) is 0 Å². The molecule has 1 N–H and O–H groups in total. The van der Waals surface area contributed by atoms with E-state index in [1.165, 1.54) is 0 Å². The quantitative estimate of drug-likeness (QED) is 0.725. The lowest BCUT2D eigenvalue weighted by Crippen LogP contribution is -2.48. The molecule has 0 saturated carbocycles. The van der Waals surface area contributed by atoms with Gasteiger partial charge in [-0.15, -0.1) is 0 Å². The summed E-state index contributed by atoms with van der Waals surface area (Å²) >= 11 is 0. The van der Waals surface area contributed by atoms with Crippen molar-refractivity contribution in [3.63, 3.8) is 0 Å². The molecular weight excluding hydrogens is 192 g/mol. The van der Waals surface area contributed by atoms with E-state index >= 15 is 0 Å². The molecular formula is C11H20N2O2.